The zero-order valence-electron chi connectivity index (χ0n) is 11.9. The van der Waals surface area contributed by atoms with Crippen LogP contribution in [-0.4, -0.2) is 44.2 Å². The molecular formula is C15H25NO3. The van der Waals surface area contributed by atoms with E-state index in [1.165, 1.54) is 5.56 Å². The van der Waals surface area contributed by atoms with Gasteiger partial charge in [0, 0.05) is 18.8 Å². The topological polar surface area (TPSA) is 50.7 Å². The molecule has 0 amide bonds. The quantitative estimate of drug-likeness (QED) is 0.637. The van der Waals surface area contributed by atoms with Crippen LogP contribution >= 0.6 is 0 Å². The van der Waals surface area contributed by atoms with E-state index in [4.69, 9.17) is 9.47 Å². The van der Waals surface area contributed by atoms with Gasteiger partial charge >= 0.3 is 0 Å². The molecule has 1 atom stereocenters. The fourth-order valence-electron chi connectivity index (χ4n) is 1.77. The number of aryl methyl sites for hydroxylation is 1. The Morgan fingerprint density at radius 3 is 2.63 bits per heavy atom. The third-order valence-corrected chi connectivity index (χ3v) is 2.81. The molecule has 0 saturated carbocycles. The van der Waals surface area contributed by atoms with Crippen molar-refractivity contribution in [3.63, 3.8) is 0 Å². The highest BCUT2D eigenvalue weighted by molar-refractivity contribution is 5.51. The van der Waals surface area contributed by atoms with E-state index in [0.717, 1.165) is 12.1 Å². The first-order valence-electron chi connectivity index (χ1n) is 6.93. The Morgan fingerprint density at radius 1 is 1.16 bits per heavy atom. The van der Waals surface area contributed by atoms with Gasteiger partial charge in [0.25, 0.3) is 0 Å². The van der Waals surface area contributed by atoms with Gasteiger partial charge in [0.05, 0.1) is 25.9 Å². The zero-order chi connectivity index (χ0) is 13.9. The normalized spacial score (nSPS) is 12.4. The van der Waals surface area contributed by atoms with Crippen LogP contribution in [0.15, 0.2) is 24.3 Å². The number of anilines is 1. The number of hydrogen-bond acceptors (Lipinski definition) is 4. The highest BCUT2D eigenvalue weighted by Crippen LogP contribution is 2.15. The first-order valence-corrected chi connectivity index (χ1v) is 6.93. The summed E-state index contributed by atoms with van der Waals surface area (Å²) in [6.45, 7) is 6.69. The van der Waals surface area contributed by atoms with E-state index >= 15 is 0 Å². The Labute approximate surface area is 115 Å². The molecule has 4 nitrogen and oxygen atoms in total. The van der Waals surface area contributed by atoms with Crippen molar-refractivity contribution < 1.29 is 14.6 Å². The number of hydrogen-bond donors (Lipinski definition) is 2. The minimum Gasteiger partial charge on any atom is -0.389 e. The summed E-state index contributed by atoms with van der Waals surface area (Å²) in [5.74, 6) is 0. The van der Waals surface area contributed by atoms with E-state index in [0.29, 0.717) is 33.0 Å². The van der Waals surface area contributed by atoms with E-state index in [-0.39, 0.29) is 0 Å². The number of rotatable bonds is 10. The van der Waals surface area contributed by atoms with Gasteiger partial charge in [-0.15, -0.1) is 0 Å². The molecule has 0 bridgehead atoms. The third-order valence-electron chi connectivity index (χ3n) is 2.81. The molecule has 0 aliphatic rings. The van der Waals surface area contributed by atoms with E-state index in [2.05, 4.69) is 18.3 Å². The maximum Gasteiger partial charge on any atom is 0.0945 e. The number of ether oxygens (including phenoxy) is 2. The van der Waals surface area contributed by atoms with Crippen molar-refractivity contribution in [2.75, 3.05) is 38.3 Å². The lowest BCUT2D eigenvalue weighted by atomic mass is 10.1. The maximum absolute atomic E-state index is 9.80. The summed E-state index contributed by atoms with van der Waals surface area (Å²) in [4.78, 5) is 0. The van der Waals surface area contributed by atoms with Gasteiger partial charge in [-0.25, -0.2) is 0 Å². The van der Waals surface area contributed by atoms with Crippen LogP contribution in [0.2, 0.25) is 0 Å². The molecule has 0 radical (unpaired) electrons. The summed E-state index contributed by atoms with van der Waals surface area (Å²) in [6, 6.07) is 8.14. The molecule has 0 aromatic heterocycles. The highest BCUT2D eigenvalue weighted by Gasteiger charge is 2.05. The van der Waals surface area contributed by atoms with Crippen molar-refractivity contribution in [3.05, 3.63) is 29.8 Å². The van der Waals surface area contributed by atoms with Gasteiger partial charge in [-0.05, 0) is 25.0 Å². The van der Waals surface area contributed by atoms with Crippen LogP contribution in [-0.2, 0) is 15.9 Å². The van der Waals surface area contributed by atoms with Gasteiger partial charge < -0.3 is 19.9 Å². The molecule has 1 rings (SSSR count). The van der Waals surface area contributed by atoms with Crippen molar-refractivity contribution >= 4 is 5.69 Å². The fraction of sp³-hybridized carbons (Fsp3) is 0.600. The van der Waals surface area contributed by atoms with Gasteiger partial charge in [0.15, 0.2) is 0 Å². The lowest BCUT2D eigenvalue weighted by molar-refractivity contribution is 0.0103. The third kappa shape index (κ3) is 6.57. The van der Waals surface area contributed by atoms with Crippen molar-refractivity contribution in [1.29, 1.82) is 0 Å². The molecule has 1 aromatic carbocycles. The van der Waals surface area contributed by atoms with Gasteiger partial charge in [-0.1, -0.05) is 25.1 Å². The van der Waals surface area contributed by atoms with Crippen LogP contribution in [0.4, 0.5) is 5.69 Å². The summed E-state index contributed by atoms with van der Waals surface area (Å²) < 4.78 is 10.5. The van der Waals surface area contributed by atoms with Crippen molar-refractivity contribution in [1.82, 2.24) is 0 Å². The van der Waals surface area contributed by atoms with Crippen LogP contribution in [0.5, 0.6) is 0 Å². The van der Waals surface area contributed by atoms with Gasteiger partial charge in [-0.2, -0.15) is 0 Å². The maximum atomic E-state index is 9.80. The second kappa shape index (κ2) is 9.78. The largest absolute Gasteiger partial charge is 0.389 e. The number of benzene rings is 1. The summed E-state index contributed by atoms with van der Waals surface area (Å²) in [5, 5.41) is 13.1. The monoisotopic (exact) mass is 267 g/mol. The molecule has 4 heteroatoms. The SMILES string of the molecule is CCOCCOCC(O)CNc1ccccc1CC. The van der Waals surface area contributed by atoms with Crippen molar-refractivity contribution in [3.8, 4) is 0 Å². The first-order chi connectivity index (χ1) is 9.27. The average molecular weight is 267 g/mol. The average Bonchev–Trinajstić information content (AvgIpc) is 2.45. The summed E-state index contributed by atoms with van der Waals surface area (Å²) >= 11 is 0. The molecular weight excluding hydrogens is 242 g/mol. The molecule has 0 aliphatic heterocycles. The smallest absolute Gasteiger partial charge is 0.0945 e. The first kappa shape index (κ1) is 16.0. The van der Waals surface area contributed by atoms with Crippen LogP contribution < -0.4 is 5.32 Å². The number of para-hydroxylation sites is 1. The van der Waals surface area contributed by atoms with E-state index in [9.17, 15) is 5.11 Å². The number of nitrogens with one attached hydrogen (secondary N) is 1. The minimum absolute atomic E-state index is 0.328. The van der Waals surface area contributed by atoms with Crippen molar-refractivity contribution in [2.45, 2.75) is 26.4 Å². The fourth-order valence-corrected chi connectivity index (χ4v) is 1.77. The van der Waals surface area contributed by atoms with Crippen LogP contribution in [0.3, 0.4) is 0 Å². The summed E-state index contributed by atoms with van der Waals surface area (Å²) in [6.07, 6.45) is 0.468. The van der Waals surface area contributed by atoms with Crippen LogP contribution in [0.25, 0.3) is 0 Å². The summed E-state index contributed by atoms with van der Waals surface area (Å²) in [5.41, 5.74) is 2.34. The Hall–Kier alpha value is -1.10. The summed E-state index contributed by atoms with van der Waals surface area (Å²) in [7, 11) is 0. The second-order valence-electron chi connectivity index (χ2n) is 4.32. The molecule has 1 unspecified atom stereocenters. The van der Waals surface area contributed by atoms with Gasteiger partial charge in [0.1, 0.15) is 0 Å². The molecule has 0 aliphatic carbocycles. The lowest BCUT2D eigenvalue weighted by Crippen LogP contribution is -2.26. The number of aliphatic hydroxyl groups excluding tert-OH is 1. The second-order valence-corrected chi connectivity index (χ2v) is 4.32. The zero-order valence-corrected chi connectivity index (χ0v) is 11.9. The Balaban J connectivity index is 2.20. The Morgan fingerprint density at radius 2 is 1.89 bits per heavy atom. The molecule has 19 heavy (non-hydrogen) atoms. The standard InChI is InChI=1S/C15H25NO3/c1-3-13-7-5-6-8-15(13)16-11-14(17)12-19-10-9-18-4-2/h5-8,14,16-17H,3-4,9-12H2,1-2H3. The minimum atomic E-state index is -0.508. The number of aliphatic hydroxyl groups is 1. The van der Waals surface area contributed by atoms with Crippen LogP contribution in [0, 0.1) is 0 Å². The van der Waals surface area contributed by atoms with E-state index in [1.54, 1.807) is 0 Å². The lowest BCUT2D eigenvalue weighted by Gasteiger charge is -2.15. The predicted molar refractivity (Wildman–Crippen MR) is 77.6 cm³/mol. The molecule has 108 valence electrons. The molecule has 1 aromatic rings. The van der Waals surface area contributed by atoms with E-state index in [1.807, 2.05) is 25.1 Å². The van der Waals surface area contributed by atoms with E-state index < -0.39 is 6.10 Å². The molecule has 0 heterocycles. The van der Waals surface area contributed by atoms with Crippen LogP contribution in [0.1, 0.15) is 19.4 Å². The van der Waals surface area contributed by atoms with Gasteiger partial charge in [-0.3, -0.25) is 0 Å². The molecule has 0 spiro atoms. The highest BCUT2D eigenvalue weighted by atomic mass is 16.5. The van der Waals surface area contributed by atoms with Crippen molar-refractivity contribution in [2.24, 2.45) is 0 Å². The Kier molecular flexibility index (Phi) is 8.21. The van der Waals surface area contributed by atoms with Gasteiger partial charge in [0.2, 0.25) is 0 Å². The predicted octanol–water partition coefficient (Wildman–Crippen LogP) is 2.07. The molecule has 0 saturated heterocycles. The Bertz CT molecular complexity index is 344. The molecule has 2 N–H and O–H groups in total. The molecule has 0 fully saturated rings.